The van der Waals surface area contributed by atoms with Crippen LogP contribution in [0.1, 0.15) is 5.69 Å². The molecular formula is C16H13N5O. The van der Waals surface area contributed by atoms with Crippen molar-refractivity contribution >= 4 is 11.0 Å². The van der Waals surface area contributed by atoms with Crippen molar-refractivity contribution in [1.82, 2.24) is 25.0 Å². The molecule has 0 unspecified atom stereocenters. The van der Waals surface area contributed by atoms with E-state index in [0.717, 1.165) is 33.7 Å². The zero-order valence-corrected chi connectivity index (χ0v) is 12.2. The molecule has 3 heterocycles. The fraction of sp³-hybridized carbons (Fsp3) is 0.125. The molecule has 22 heavy (non-hydrogen) atoms. The number of oxazole rings is 1. The first-order chi connectivity index (χ1) is 10.7. The van der Waals surface area contributed by atoms with E-state index in [1.165, 1.54) is 6.39 Å². The number of rotatable bonds is 2. The highest BCUT2D eigenvalue weighted by atomic mass is 16.3. The zero-order chi connectivity index (χ0) is 15.1. The van der Waals surface area contributed by atoms with Crippen molar-refractivity contribution in [2.75, 3.05) is 0 Å². The quantitative estimate of drug-likeness (QED) is 0.568. The topological polar surface area (TPSA) is 69.6 Å². The van der Waals surface area contributed by atoms with E-state index in [0.29, 0.717) is 5.76 Å². The summed E-state index contributed by atoms with van der Waals surface area (Å²) in [5.74, 6) is 0.665. The van der Waals surface area contributed by atoms with Crippen molar-refractivity contribution in [1.29, 1.82) is 0 Å². The third-order valence-corrected chi connectivity index (χ3v) is 3.57. The lowest BCUT2D eigenvalue weighted by atomic mass is 10.1. The Hall–Kier alpha value is -3.02. The highest BCUT2D eigenvalue weighted by Gasteiger charge is 2.15. The number of benzene rings is 1. The molecule has 0 saturated heterocycles. The molecular weight excluding hydrogens is 278 g/mol. The third-order valence-electron chi connectivity index (χ3n) is 3.57. The number of aryl methyl sites for hydroxylation is 2. The van der Waals surface area contributed by atoms with E-state index >= 15 is 0 Å². The van der Waals surface area contributed by atoms with Gasteiger partial charge in [0.25, 0.3) is 0 Å². The maximum Gasteiger partial charge on any atom is 0.182 e. The number of aromatic nitrogens is 5. The summed E-state index contributed by atoms with van der Waals surface area (Å²) in [7, 11) is 1.87. The van der Waals surface area contributed by atoms with Gasteiger partial charge in [0.05, 0.1) is 5.52 Å². The van der Waals surface area contributed by atoms with Gasteiger partial charge in [-0.15, -0.1) is 5.10 Å². The van der Waals surface area contributed by atoms with Gasteiger partial charge >= 0.3 is 0 Å². The van der Waals surface area contributed by atoms with Gasteiger partial charge in [0, 0.05) is 18.3 Å². The molecule has 0 aliphatic heterocycles. The van der Waals surface area contributed by atoms with E-state index < -0.39 is 0 Å². The predicted molar refractivity (Wildman–Crippen MR) is 82.0 cm³/mol. The highest BCUT2D eigenvalue weighted by Crippen LogP contribution is 2.31. The van der Waals surface area contributed by atoms with Gasteiger partial charge in [0.15, 0.2) is 12.2 Å². The Kier molecular flexibility index (Phi) is 2.75. The molecule has 0 fully saturated rings. The normalized spacial score (nSPS) is 11.2. The van der Waals surface area contributed by atoms with Crippen LogP contribution >= 0.6 is 0 Å². The molecule has 0 aliphatic rings. The molecule has 0 bridgehead atoms. The van der Waals surface area contributed by atoms with E-state index in [1.54, 1.807) is 4.68 Å². The summed E-state index contributed by atoms with van der Waals surface area (Å²) >= 11 is 0. The van der Waals surface area contributed by atoms with Crippen LogP contribution in [0.15, 0.2) is 47.2 Å². The van der Waals surface area contributed by atoms with Gasteiger partial charge in [0.2, 0.25) is 0 Å². The Morgan fingerprint density at radius 1 is 1.14 bits per heavy atom. The molecule has 0 amide bonds. The zero-order valence-electron chi connectivity index (χ0n) is 12.2. The second kappa shape index (κ2) is 4.77. The van der Waals surface area contributed by atoms with Crippen LogP contribution in [0.2, 0.25) is 0 Å². The van der Waals surface area contributed by atoms with Gasteiger partial charge < -0.3 is 4.42 Å². The van der Waals surface area contributed by atoms with E-state index in [-0.39, 0.29) is 0 Å². The number of hydrogen-bond donors (Lipinski definition) is 0. The lowest BCUT2D eigenvalue weighted by Crippen LogP contribution is -1.91. The molecule has 0 radical (unpaired) electrons. The van der Waals surface area contributed by atoms with Crippen molar-refractivity contribution in [2.45, 2.75) is 6.92 Å². The summed E-state index contributed by atoms with van der Waals surface area (Å²) in [6.07, 6.45) is 1.44. The summed E-state index contributed by atoms with van der Waals surface area (Å²) in [6.45, 7) is 1.95. The van der Waals surface area contributed by atoms with Crippen LogP contribution in [0.25, 0.3) is 33.7 Å². The number of pyridine rings is 1. The monoisotopic (exact) mass is 291 g/mol. The Bertz CT molecular complexity index is 970. The van der Waals surface area contributed by atoms with Crippen LogP contribution < -0.4 is 0 Å². The molecule has 0 N–H and O–H groups in total. The third kappa shape index (κ3) is 1.96. The standard InChI is InChI=1S/C16H13N5O/c1-10-4-3-5-13(18-10)16-15(17-9-22-16)11-6-7-12-14(8-11)21(2)20-19-12/h3-9H,1-2H3. The van der Waals surface area contributed by atoms with Gasteiger partial charge in [0.1, 0.15) is 16.9 Å². The van der Waals surface area contributed by atoms with Gasteiger partial charge in [-0.05, 0) is 31.2 Å². The van der Waals surface area contributed by atoms with Crippen molar-refractivity contribution < 1.29 is 4.42 Å². The molecule has 4 rings (SSSR count). The summed E-state index contributed by atoms with van der Waals surface area (Å²) in [5, 5.41) is 8.11. The van der Waals surface area contributed by atoms with E-state index in [4.69, 9.17) is 4.42 Å². The molecule has 4 aromatic rings. The van der Waals surface area contributed by atoms with E-state index in [9.17, 15) is 0 Å². The first-order valence-corrected chi connectivity index (χ1v) is 6.90. The Morgan fingerprint density at radius 3 is 2.91 bits per heavy atom. The van der Waals surface area contributed by atoms with Crippen LogP contribution in [0.4, 0.5) is 0 Å². The molecule has 0 aliphatic carbocycles. The molecule has 0 atom stereocenters. The minimum Gasteiger partial charge on any atom is -0.441 e. The minimum absolute atomic E-state index is 0.665. The van der Waals surface area contributed by atoms with Crippen molar-refractivity contribution in [3.63, 3.8) is 0 Å². The van der Waals surface area contributed by atoms with Gasteiger partial charge in [-0.3, -0.25) is 0 Å². The predicted octanol–water partition coefficient (Wildman–Crippen LogP) is 2.99. The van der Waals surface area contributed by atoms with E-state index in [1.807, 2.05) is 50.4 Å². The van der Waals surface area contributed by atoms with Crippen molar-refractivity contribution in [3.05, 3.63) is 48.5 Å². The summed E-state index contributed by atoms with van der Waals surface area (Å²) in [6, 6.07) is 11.7. The van der Waals surface area contributed by atoms with Crippen LogP contribution in [0, 0.1) is 6.92 Å². The smallest absolute Gasteiger partial charge is 0.182 e. The van der Waals surface area contributed by atoms with Gasteiger partial charge in [-0.2, -0.15) is 0 Å². The molecule has 6 heteroatoms. The molecule has 1 aromatic carbocycles. The maximum atomic E-state index is 5.57. The fourth-order valence-electron chi connectivity index (χ4n) is 2.48. The first kappa shape index (κ1) is 12.7. The van der Waals surface area contributed by atoms with Crippen LogP contribution in [0.3, 0.4) is 0 Å². The average molecular weight is 291 g/mol. The lowest BCUT2D eigenvalue weighted by molar-refractivity contribution is 0.570. The number of nitrogens with zero attached hydrogens (tertiary/aromatic N) is 5. The summed E-state index contributed by atoms with van der Waals surface area (Å²) in [5.41, 5.74) is 5.22. The van der Waals surface area contributed by atoms with E-state index in [2.05, 4.69) is 20.3 Å². The Morgan fingerprint density at radius 2 is 2.05 bits per heavy atom. The lowest BCUT2D eigenvalue weighted by Gasteiger charge is -2.02. The highest BCUT2D eigenvalue weighted by molar-refractivity contribution is 5.84. The fourth-order valence-corrected chi connectivity index (χ4v) is 2.48. The van der Waals surface area contributed by atoms with Gasteiger partial charge in [-0.1, -0.05) is 17.3 Å². The van der Waals surface area contributed by atoms with Crippen LogP contribution in [0.5, 0.6) is 0 Å². The Balaban J connectivity index is 1.89. The largest absolute Gasteiger partial charge is 0.441 e. The molecule has 0 spiro atoms. The Labute approximate surface area is 126 Å². The molecule has 108 valence electrons. The average Bonchev–Trinajstić information content (AvgIpc) is 3.14. The van der Waals surface area contributed by atoms with Crippen LogP contribution in [-0.4, -0.2) is 25.0 Å². The number of fused-ring (bicyclic) bond motifs is 1. The second-order valence-electron chi connectivity index (χ2n) is 5.11. The summed E-state index contributed by atoms with van der Waals surface area (Å²) in [4.78, 5) is 8.86. The van der Waals surface area contributed by atoms with Crippen molar-refractivity contribution in [3.8, 4) is 22.7 Å². The summed E-state index contributed by atoms with van der Waals surface area (Å²) < 4.78 is 7.31. The minimum atomic E-state index is 0.665. The molecule has 6 nitrogen and oxygen atoms in total. The van der Waals surface area contributed by atoms with Gasteiger partial charge in [-0.25, -0.2) is 14.6 Å². The number of hydrogen-bond acceptors (Lipinski definition) is 5. The second-order valence-corrected chi connectivity index (χ2v) is 5.11. The van der Waals surface area contributed by atoms with Crippen molar-refractivity contribution in [2.24, 2.45) is 7.05 Å². The van der Waals surface area contributed by atoms with Crippen LogP contribution in [-0.2, 0) is 7.05 Å². The maximum absolute atomic E-state index is 5.57. The first-order valence-electron chi connectivity index (χ1n) is 6.90. The molecule has 0 saturated carbocycles. The molecule has 3 aromatic heterocycles. The SMILES string of the molecule is Cc1cccc(-c2ocnc2-c2ccc3nnn(C)c3c2)n1.